The molecule has 0 unspecified atom stereocenters. The van der Waals surface area contributed by atoms with Gasteiger partial charge in [-0.15, -0.1) is 0 Å². The predicted octanol–water partition coefficient (Wildman–Crippen LogP) is 2.66. The van der Waals surface area contributed by atoms with Gasteiger partial charge < -0.3 is 9.84 Å². The summed E-state index contributed by atoms with van der Waals surface area (Å²) in [6.45, 7) is 7.91. The number of aliphatic hydroxyl groups excluding tert-OH is 1. The van der Waals surface area contributed by atoms with Crippen molar-refractivity contribution in [2.45, 2.75) is 33.2 Å². The number of rotatable bonds is 4. The first kappa shape index (κ1) is 15.9. The third kappa shape index (κ3) is 4.49. The summed E-state index contributed by atoms with van der Waals surface area (Å²) >= 11 is 0. The van der Waals surface area contributed by atoms with Gasteiger partial charge in [0.1, 0.15) is 5.75 Å². The van der Waals surface area contributed by atoms with Crippen molar-refractivity contribution in [3.63, 3.8) is 0 Å². The van der Waals surface area contributed by atoms with Crippen LogP contribution in [-0.4, -0.2) is 36.8 Å². The molecule has 3 heteroatoms. The van der Waals surface area contributed by atoms with E-state index in [0.717, 1.165) is 30.9 Å². The van der Waals surface area contributed by atoms with Crippen LogP contribution in [0.3, 0.4) is 0 Å². The van der Waals surface area contributed by atoms with E-state index in [1.165, 1.54) is 12.0 Å². The van der Waals surface area contributed by atoms with Gasteiger partial charge in [0.2, 0.25) is 0 Å². The number of ether oxygens (including phenoxy) is 1. The van der Waals surface area contributed by atoms with Crippen molar-refractivity contribution in [3.8, 4) is 17.6 Å². The Morgan fingerprint density at radius 3 is 2.81 bits per heavy atom. The van der Waals surface area contributed by atoms with E-state index in [-0.39, 0.29) is 6.61 Å². The molecule has 21 heavy (non-hydrogen) atoms. The quantitative estimate of drug-likeness (QED) is 0.864. The van der Waals surface area contributed by atoms with Gasteiger partial charge >= 0.3 is 0 Å². The summed E-state index contributed by atoms with van der Waals surface area (Å²) in [5, 5.41) is 8.79. The molecule has 0 radical (unpaired) electrons. The number of likely N-dealkylation sites (tertiary alicyclic amines) is 1. The molecule has 0 amide bonds. The monoisotopic (exact) mass is 287 g/mol. The first-order valence-corrected chi connectivity index (χ1v) is 7.53. The van der Waals surface area contributed by atoms with Gasteiger partial charge in [0.25, 0.3) is 0 Å². The Hall–Kier alpha value is -1.50. The normalized spacial score (nSPS) is 17.3. The molecule has 1 aliphatic rings. The smallest absolute Gasteiger partial charge is 0.123 e. The third-order valence-electron chi connectivity index (χ3n) is 3.90. The minimum absolute atomic E-state index is 0.110. The van der Waals surface area contributed by atoms with Crippen LogP contribution in [0.15, 0.2) is 18.2 Å². The first-order chi connectivity index (χ1) is 10.0. The largest absolute Gasteiger partial charge is 0.496 e. The van der Waals surface area contributed by atoms with Crippen molar-refractivity contribution in [1.29, 1.82) is 0 Å². The van der Waals surface area contributed by atoms with Crippen molar-refractivity contribution in [2.24, 2.45) is 5.41 Å². The Bertz CT molecular complexity index is 540. The number of hydrogen-bond donors (Lipinski definition) is 1. The molecular weight excluding hydrogens is 262 g/mol. The SMILES string of the molecule is COc1ccc(C#CCCO)cc1CN1CCC(C)(C)C1. The highest BCUT2D eigenvalue weighted by Gasteiger charge is 2.29. The summed E-state index contributed by atoms with van der Waals surface area (Å²) in [4.78, 5) is 2.47. The fraction of sp³-hybridized carbons (Fsp3) is 0.556. The van der Waals surface area contributed by atoms with Gasteiger partial charge in [-0.05, 0) is 36.6 Å². The number of aliphatic hydroxyl groups is 1. The molecule has 1 saturated heterocycles. The minimum Gasteiger partial charge on any atom is -0.496 e. The molecule has 0 saturated carbocycles. The second-order valence-corrected chi connectivity index (χ2v) is 6.43. The van der Waals surface area contributed by atoms with Crippen molar-refractivity contribution in [1.82, 2.24) is 4.90 Å². The van der Waals surface area contributed by atoms with Gasteiger partial charge in [-0.1, -0.05) is 25.7 Å². The Balaban J connectivity index is 2.13. The molecule has 2 rings (SSSR count). The van der Waals surface area contributed by atoms with E-state index in [1.54, 1.807) is 7.11 Å². The van der Waals surface area contributed by atoms with Gasteiger partial charge in [-0.3, -0.25) is 4.90 Å². The number of methoxy groups -OCH3 is 1. The summed E-state index contributed by atoms with van der Waals surface area (Å²) in [6.07, 6.45) is 1.76. The Kier molecular flexibility index (Phi) is 5.27. The second kappa shape index (κ2) is 6.98. The fourth-order valence-electron chi connectivity index (χ4n) is 2.80. The van der Waals surface area contributed by atoms with Crippen LogP contribution in [0.25, 0.3) is 0 Å². The van der Waals surface area contributed by atoms with E-state index in [1.807, 2.05) is 12.1 Å². The summed E-state index contributed by atoms with van der Waals surface area (Å²) < 4.78 is 5.47. The average Bonchev–Trinajstić information content (AvgIpc) is 2.78. The highest BCUT2D eigenvalue weighted by Crippen LogP contribution is 2.31. The van der Waals surface area contributed by atoms with Crippen LogP contribution in [-0.2, 0) is 6.54 Å². The van der Waals surface area contributed by atoms with E-state index in [0.29, 0.717) is 11.8 Å². The van der Waals surface area contributed by atoms with E-state index < -0.39 is 0 Å². The number of hydrogen-bond acceptors (Lipinski definition) is 3. The van der Waals surface area contributed by atoms with Crippen molar-refractivity contribution < 1.29 is 9.84 Å². The van der Waals surface area contributed by atoms with Crippen LogP contribution >= 0.6 is 0 Å². The fourth-order valence-corrected chi connectivity index (χ4v) is 2.80. The summed E-state index contributed by atoms with van der Waals surface area (Å²) in [6, 6.07) is 6.06. The molecule has 1 fully saturated rings. The van der Waals surface area contributed by atoms with Gasteiger partial charge in [0, 0.05) is 30.6 Å². The van der Waals surface area contributed by atoms with Gasteiger partial charge in [0.05, 0.1) is 13.7 Å². The van der Waals surface area contributed by atoms with Crippen LogP contribution in [0.2, 0.25) is 0 Å². The zero-order chi connectivity index (χ0) is 15.3. The molecule has 0 atom stereocenters. The molecule has 1 heterocycles. The second-order valence-electron chi connectivity index (χ2n) is 6.43. The maximum Gasteiger partial charge on any atom is 0.123 e. The lowest BCUT2D eigenvalue weighted by molar-refractivity contribution is 0.279. The maximum absolute atomic E-state index is 8.79. The number of nitrogens with zero attached hydrogens (tertiary/aromatic N) is 1. The molecule has 1 aromatic rings. The highest BCUT2D eigenvalue weighted by molar-refractivity contribution is 5.44. The van der Waals surface area contributed by atoms with E-state index in [2.05, 4.69) is 36.7 Å². The van der Waals surface area contributed by atoms with Gasteiger partial charge in [-0.25, -0.2) is 0 Å². The Morgan fingerprint density at radius 1 is 1.38 bits per heavy atom. The standard InChI is InChI=1S/C18H25NO2/c1-18(2)9-10-19(14-18)13-16-12-15(6-4-5-11-20)7-8-17(16)21-3/h7-8,12,20H,5,9-11,13-14H2,1-3H3. The lowest BCUT2D eigenvalue weighted by Gasteiger charge is -2.20. The molecular formula is C18H25NO2. The molecule has 1 aromatic carbocycles. The Morgan fingerprint density at radius 2 is 2.19 bits per heavy atom. The molecule has 0 aromatic heterocycles. The molecule has 114 valence electrons. The van der Waals surface area contributed by atoms with Crippen molar-refractivity contribution in [2.75, 3.05) is 26.8 Å². The molecule has 1 aliphatic heterocycles. The average molecular weight is 287 g/mol. The first-order valence-electron chi connectivity index (χ1n) is 7.53. The van der Waals surface area contributed by atoms with Crippen molar-refractivity contribution >= 4 is 0 Å². The molecule has 0 bridgehead atoms. The maximum atomic E-state index is 8.79. The zero-order valence-electron chi connectivity index (χ0n) is 13.3. The summed E-state index contributed by atoms with van der Waals surface area (Å²) in [5.41, 5.74) is 2.58. The van der Waals surface area contributed by atoms with Gasteiger partial charge in [0.15, 0.2) is 0 Å². The Labute approximate surface area is 127 Å². The van der Waals surface area contributed by atoms with Crippen LogP contribution in [0, 0.1) is 17.3 Å². The highest BCUT2D eigenvalue weighted by atomic mass is 16.5. The molecule has 0 spiro atoms. The number of benzene rings is 1. The van der Waals surface area contributed by atoms with Crippen LogP contribution in [0.5, 0.6) is 5.75 Å². The zero-order valence-corrected chi connectivity index (χ0v) is 13.3. The lowest BCUT2D eigenvalue weighted by Crippen LogP contribution is -2.23. The third-order valence-corrected chi connectivity index (χ3v) is 3.90. The van der Waals surface area contributed by atoms with E-state index in [9.17, 15) is 0 Å². The summed E-state index contributed by atoms with van der Waals surface area (Å²) in [5.74, 6) is 6.99. The molecule has 0 aliphatic carbocycles. The van der Waals surface area contributed by atoms with Gasteiger partial charge in [-0.2, -0.15) is 0 Å². The minimum atomic E-state index is 0.110. The van der Waals surface area contributed by atoms with Crippen LogP contribution in [0.1, 0.15) is 37.8 Å². The topological polar surface area (TPSA) is 32.7 Å². The van der Waals surface area contributed by atoms with Crippen LogP contribution < -0.4 is 4.74 Å². The van der Waals surface area contributed by atoms with Crippen molar-refractivity contribution in [3.05, 3.63) is 29.3 Å². The van der Waals surface area contributed by atoms with E-state index in [4.69, 9.17) is 9.84 Å². The van der Waals surface area contributed by atoms with Crippen LogP contribution in [0.4, 0.5) is 0 Å². The lowest BCUT2D eigenvalue weighted by atomic mass is 9.93. The van der Waals surface area contributed by atoms with E-state index >= 15 is 0 Å². The molecule has 3 nitrogen and oxygen atoms in total. The summed E-state index contributed by atoms with van der Waals surface area (Å²) in [7, 11) is 1.71. The molecule has 1 N–H and O–H groups in total. The predicted molar refractivity (Wildman–Crippen MR) is 85.2 cm³/mol.